The maximum Gasteiger partial charge on any atom is 0.0453 e. The number of hydrogen-bond donors (Lipinski definition) is 1. The summed E-state index contributed by atoms with van der Waals surface area (Å²) in [5, 5.41) is 0. The average molecular weight is 176 g/mol. The molecule has 0 aliphatic rings. The van der Waals surface area contributed by atoms with Gasteiger partial charge in [0.2, 0.25) is 0 Å². The van der Waals surface area contributed by atoms with Gasteiger partial charge in [-0.25, -0.2) is 0 Å². The van der Waals surface area contributed by atoms with Crippen LogP contribution < -0.4 is 5.73 Å². The lowest BCUT2D eigenvalue weighted by Crippen LogP contribution is -1.99. The molecule has 0 atom stereocenters. The Hall–Kier alpha value is -1.28. The van der Waals surface area contributed by atoms with Crippen LogP contribution in [0.15, 0.2) is 36.5 Å². The van der Waals surface area contributed by atoms with Crippen LogP contribution in [-0.2, 0) is 6.54 Å². The van der Waals surface area contributed by atoms with E-state index in [1.54, 1.807) is 0 Å². The lowest BCUT2D eigenvalue weighted by atomic mass is 10.4. The predicted molar refractivity (Wildman–Crippen MR) is 56.6 cm³/mol. The Morgan fingerprint density at radius 2 is 1.92 bits per heavy atom. The molecule has 0 amide bonds. The maximum atomic E-state index is 5.54. The Morgan fingerprint density at radius 1 is 1.15 bits per heavy atom. The fourth-order valence-electron chi connectivity index (χ4n) is 1.28. The fourth-order valence-corrected chi connectivity index (χ4v) is 1.28. The minimum Gasteiger partial charge on any atom is -0.325 e. The molecular weight excluding hydrogens is 160 g/mol. The van der Waals surface area contributed by atoms with Gasteiger partial charge in [0.15, 0.2) is 0 Å². The smallest absolute Gasteiger partial charge is 0.0453 e. The summed E-state index contributed by atoms with van der Waals surface area (Å²) in [6, 6.07) is 10.2. The third-order valence-electron chi connectivity index (χ3n) is 1.86. The highest BCUT2D eigenvalue weighted by Crippen LogP contribution is 2.08. The third kappa shape index (κ3) is 1.90. The Labute approximate surface area is 79.0 Å². The van der Waals surface area contributed by atoms with Crippen molar-refractivity contribution in [2.24, 2.45) is 5.73 Å². The normalized spacial score (nSPS) is 9.46. The second kappa shape index (κ2) is 4.67. The van der Waals surface area contributed by atoms with Crippen LogP contribution in [0, 0.1) is 0 Å². The molecule has 0 aromatic carbocycles. The molecule has 0 aliphatic carbocycles. The number of nitrogens with two attached hydrogens (primary N) is 1. The van der Waals surface area contributed by atoms with Gasteiger partial charge < -0.3 is 10.1 Å². The van der Waals surface area contributed by atoms with E-state index in [0.717, 1.165) is 5.69 Å². The first-order valence-electron chi connectivity index (χ1n) is 4.67. The highest BCUT2D eigenvalue weighted by Gasteiger charge is 1.95. The summed E-state index contributed by atoms with van der Waals surface area (Å²) in [5.74, 6) is 0. The zero-order valence-corrected chi connectivity index (χ0v) is 8.20. The molecule has 2 nitrogen and oxygen atoms in total. The molecule has 70 valence electrons. The minimum atomic E-state index is 0.595. The van der Waals surface area contributed by atoms with E-state index < -0.39 is 0 Å². The van der Waals surface area contributed by atoms with E-state index in [1.165, 1.54) is 5.52 Å². The summed E-state index contributed by atoms with van der Waals surface area (Å²) in [6.45, 7) is 4.60. The lowest BCUT2D eigenvalue weighted by Gasteiger charge is -1.97. The van der Waals surface area contributed by atoms with E-state index in [-0.39, 0.29) is 0 Å². The summed E-state index contributed by atoms with van der Waals surface area (Å²) in [6.07, 6.45) is 2.03. The van der Waals surface area contributed by atoms with Gasteiger partial charge >= 0.3 is 0 Å². The molecule has 0 saturated carbocycles. The van der Waals surface area contributed by atoms with Crippen LogP contribution in [0.4, 0.5) is 0 Å². The molecule has 2 N–H and O–H groups in total. The van der Waals surface area contributed by atoms with Gasteiger partial charge in [0, 0.05) is 24.0 Å². The van der Waals surface area contributed by atoms with Gasteiger partial charge in [-0.3, -0.25) is 0 Å². The second-order valence-electron chi connectivity index (χ2n) is 2.52. The Bertz CT molecular complexity index is 363. The number of pyridine rings is 1. The van der Waals surface area contributed by atoms with Gasteiger partial charge in [-0.2, -0.15) is 0 Å². The molecule has 0 unspecified atom stereocenters. The number of hydrogen-bond acceptors (Lipinski definition) is 1. The second-order valence-corrected chi connectivity index (χ2v) is 2.52. The molecule has 2 heteroatoms. The van der Waals surface area contributed by atoms with Crippen LogP contribution in [0.2, 0.25) is 0 Å². The lowest BCUT2D eigenvalue weighted by molar-refractivity contribution is 0.959. The number of rotatable bonds is 1. The van der Waals surface area contributed by atoms with Crippen LogP contribution >= 0.6 is 0 Å². The maximum absolute atomic E-state index is 5.54. The summed E-state index contributed by atoms with van der Waals surface area (Å²) in [7, 11) is 0. The predicted octanol–water partition coefficient (Wildman–Crippen LogP) is 2.42. The van der Waals surface area contributed by atoms with Crippen LogP contribution in [0.5, 0.6) is 0 Å². The average Bonchev–Trinajstić information content (AvgIpc) is 2.64. The molecule has 0 aliphatic heterocycles. The molecule has 0 spiro atoms. The van der Waals surface area contributed by atoms with Crippen molar-refractivity contribution in [2.45, 2.75) is 20.4 Å². The number of nitrogens with zero attached hydrogens (tertiary/aromatic N) is 1. The quantitative estimate of drug-likeness (QED) is 0.710. The molecule has 2 aromatic heterocycles. The Morgan fingerprint density at radius 3 is 2.62 bits per heavy atom. The van der Waals surface area contributed by atoms with Gasteiger partial charge in [-0.15, -0.1) is 0 Å². The van der Waals surface area contributed by atoms with Crippen molar-refractivity contribution in [3.8, 4) is 0 Å². The Kier molecular flexibility index (Phi) is 3.53. The van der Waals surface area contributed by atoms with Crippen LogP contribution in [0.3, 0.4) is 0 Å². The van der Waals surface area contributed by atoms with Gasteiger partial charge in [0.1, 0.15) is 0 Å². The number of aromatic nitrogens is 1. The molecule has 2 aromatic rings. The van der Waals surface area contributed by atoms with Crippen molar-refractivity contribution in [3.05, 3.63) is 42.2 Å². The summed E-state index contributed by atoms with van der Waals surface area (Å²) in [4.78, 5) is 0. The van der Waals surface area contributed by atoms with Crippen molar-refractivity contribution in [3.63, 3.8) is 0 Å². The monoisotopic (exact) mass is 176 g/mol. The summed E-state index contributed by atoms with van der Waals surface area (Å²) < 4.78 is 2.10. The zero-order chi connectivity index (χ0) is 9.68. The fraction of sp³-hybridized carbons (Fsp3) is 0.273. The van der Waals surface area contributed by atoms with Gasteiger partial charge in [0.25, 0.3) is 0 Å². The highest BCUT2D eigenvalue weighted by molar-refractivity contribution is 5.49. The largest absolute Gasteiger partial charge is 0.325 e. The van der Waals surface area contributed by atoms with Crippen LogP contribution in [-0.4, -0.2) is 4.40 Å². The molecule has 2 heterocycles. The van der Waals surface area contributed by atoms with E-state index in [2.05, 4.69) is 22.6 Å². The van der Waals surface area contributed by atoms with Crippen molar-refractivity contribution >= 4 is 5.52 Å². The van der Waals surface area contributed by atoms with Crippen LogP contribution in [0.25, 0.3) is 5.52 Å². The molecule has 0 radical (unpaired) electrons. The van der Waals surface area contributed by atoms with E-state index in [0.29, 0.717) is 6.54 Å². The highest BCUT2D eigenvalue weighted by atomic mass is 14.9. The molecule has 0 bridgehead atoms. The van der Waals surface area contributed by atoms with E-state index >= 15 is 0 Å². The third-order valence-corrected chi connectivity index (χ3v) is 1.86. The van der Waals surface area contributed by atoms with Gasteiger partial charge in [-0.1, -0.05) is 19.9 Å². The molecular formula is C11H16N2. The van der Waals surface area contributed by atoms with Crippen molar-refractivity contribution in [2.75, 3.05) is 0 Å². The SMILES string of the molecule is CC.NCc1ccc2ccccn12. The van der Waals surface area contributed by atoms with Gasteiger partial charge in [-0.05, 0) is 24.3 Å². The van der Waals surface area contributed by atoms with Crippen molar-refractivity contribution in [1.29, 1.82) is 0 Å². The summed E-state index contributed by atoms with van der Waals surface area (Å²) in [5.41, 5.74) is 7.89. The molecule has 0 saturated heterocycles. The molecule has 2 rings (SSSR count). The zero-order valence-electron chi connectivity index (χ0n) is 8.20. The molecule has 0 fully saturated rings. The van der Waals surface area contributed by atoms with Crippen molar-refractivity contribution in [1.82, 2.24) is 4.40 Å². The van der Waals surface area contributed by atoms with Crippen molar-refractivity contribution < 1.29 is 0 Å². The van der Waals surface area contributed by atoms with E-state index in [4.69, 9.17) is 5.73 Å². The van der Waals surface area contributed by atoms with Crippen LogP contribution in [0.1, 0.15) is 19.5 Å². The number of fused-ring (bicyclic) bond motifs is 1. The minimum absolute atomic E-state index is 0.595. The standard InChI is InChI=1S/C9H10N2.C2H6/c10-7-9-5-4-8-3-1-2-6-11(8)9;1-2/h1-6H,7,10H2;1-2H3. The topological polar surface area (TPSA) is 30.4 Å². The first kappa shape index (κ1) is 9.81. The first-order valence-corrected chi connectivity index (χ1v) is 4.67. The summed E-state index contributed by atoms with van der Waals surface area (Å²) >= 11 is 0. The van der Waals surface area contributed by atoms with E-state index in [1.807, 2.05) is 32.2 Å². The van der Waals surface area contributed by atoms with Gasteiger partial charge in [0.05, 0.1) is 0 Å². The first-order chi connectivity index (χ1) is 6.42. The van der Waals surface area contributed by atoms with E-state index in [9.17, 15) is 0 Å². The molecule has 13 heavy (non-hydrogen) atoms. The Balaban J connectivity index is 0.000000396.